The van der Waals surface area contributed by atoms with Gasteiger partial charge >= 0.3 is 0 Å². The van der Waals surface area contributed by atoms with Crippen LogP contribution in [0.5, 0.6) is 28.7 Å². The molecule has 13 aromatic rings. The van der Waals surface area contributed by atoms with Crippen molar-refractivity contribution in [2.75, 3.05) is 184 Å². The summed E-state index contributed by atoms with van der Waals surface area (Å²) >= 11 is 12.9. The minimum absolute atomic E-state index is 0.0271. The molecule has 0 unspecified atom stereocenters. The molecule has 16 rings (SSSR count). The Balaban J connectivity index is 0.000000155. The van der Waals surface area contributed by atoms with E-state index in [0.29, 0.717) is 134 Å². The first-order valence-electron chi connectivity index (χ1n) is 40.9. The number of hydrogen-bond acceptors (Lipinski definition) is 29. The number of sulfonamides is 1. The predicted octanol–water partition coefficient (Wildman–Crippen LogP) is 16.4. The van der Waals surface area contributed by atoms with Gasteiger partial charge < -0.3 is 88.8 Å². The second-order valence-electron chi connectivity index (χ2n) is 32.4. The maximum atomic E-state index is 13.7. The molecule has 8 N–H and O–H groups in total. The number of halogens is 2. The van der Waals surface area contributed by atoms with Crippen molar-refractivity contribution in [3.63, 3.8) is 0 Å². The van der Waals surface area contributed by atoms with Crippen molar-refractivity contribution in [3.8, 4) is 40.2 Å². The van der Waals surface area contributed by atoms with Gasteiger partial charge in [-0.3, -0.25) is 9.69 Å². The highest BCUT2D eigenvalue weighted by atomic mass is 35.5. The Kier molecular flexibility index (Phi) is 28.3. The average molecular weight is 1840 g/mol. The molecule has 1 amide bonds. The van der Waals surface area contributed by atoms with E-state index >= 15 is 0 Å². The molecule has 3 aliphatic heterocycles. The Morgan fingerprint density at radius 3 is 1.42 bits per heavy atom. The number of nitrogens with one attached hydrogen (secondary N) is 8. The number of piperidine rings is 1. The number of rotatable bonds is 29. The molecule has 3 aliphatic rings. The van der Waals surface area contributed by atoms with E-state index in [1.165, 1.54) is 51.1 Å². The Morgan fingerprint density at radius 1 is 0.528 bits per heavy atom. The number of fused-ring (bicyclic) bond motifs is 3. The monoisotopic (exact) mass is 1840 g/mol. The first-order chi connectivity index (χ1) is 60.7. The lowest BCUT2D eigenvalue weighted by molar-refractivity contribution is -0.124. The molecular weight excluding hydrogens is 1740 g/mol. The second-order valence-corrected chi connectivity index (χ2v) is 44.5. The van der Waals surface area contributed by atoms with Gasteiger partial charge in [-0.1, -0.05) is 114 Å². The first-order valence-corrected chi connectivity index (χ1v) is 51.4. The van der Waals surface area contributed by atoms with E-state index in [9.17, 15) is 26.9 Å². The molecule has 31 nitrogen and oxygen atoms in total. The van der Waals surface area contributed by atoms with Crippen molar-refractivity contribution >= 4 is 184 Å². The number of anilines is 13. The summed E-state index contributed by atoms with van der Waals surface area (Å²) < 4.78 is 99.4. The molecule has 127 heavy (non-hydrogen) atoms. The van der Waals surface area contributed by atoms with Gasteiger partial charge in [0.25, 0.3) is 5.89 Å². The van der Waals surface area contributed by atoms with Crippen LogP contribution in [0.15, 0.2) is 181 Å². The molecule has 1 spiro atoms. The number of piperazine rings is 1. The van der Waals surface area contributed by atoms with Gasteiger partial charge in [-0.15, -0.1) is 10.2 Å². The van der Waals surface area contributed by atoms with Crippen LogP contribution in [0.25, 0.3) is 43.8 Å². The first kappa shape index (κ1) is 91.5. The molecule has 0 radical (unpaired) electrons. The highest BCUT2D eigenvalue weighted by Crippen LogP contribution is 2.48. The topological polar surface area (TPSA) is 371 Å². The third-order valence-corrected chi connectivity index (χ3v) is 27.6. The summed E-state index contributed by atoms with van der Waals surface area (Å²) in [5.74, 6) is 5.65. The summed E-state index contributed by atoms with van der Waals surface area (Å²) in [6.45, 7) is 22.0. The molecule has 0 aliphatic carbocycles. The van der Waals surface area contributed by atoms with Gasteiger partial charge in [0.05, 0.1) is 80.6 Å². The summed E-state index contributed by atoms with van der Waals surface area (Å²) in [6.07, 6.45) is 8.11. The minimum Gasteiger partial charge on any atom is -0.495 e. The van der Waals surface area contributed by atoms with Crippen LogP contribution in [0.4, 0.5) is 75.1 Å². The number of ether oxygens (including phenoxy) is 5. The normalized spacial score (nSPS) is 14.2. The number of carbonyl (C=O) groups excluding carboxylic acids is 1. The van der Waals surface area contributed by atoms with Crippen molar-refractivity contribution in [3.05, 3.63) is 198 Å². The van der Waals surface area contributed by atoms with Gasteiger partial charge in [0.15, 0.2) is 11.6 Å². The zero-order valence-corrected chi connectivity index (χ0v) is 77.8. The lowest BCUT2D eigenvalue weighted by atomic mass is 9.72. The molecule has 37 heteroatoms. The fourth-order valence-corrected chi connectivity index (χ4v) is 21.1. The van der Waals surface area contributed by atoms with E-state index in [4.69, 9.17) is 56.3 Å². The van der Waals surface area contributed by atoms with E-state index in [-0.39, 0.29) is 41.9 Å². The molecule has 9 aromatic carbocycles. The number of methoxy groups -OCH3 is 3. The lowest BCUT2D eigenvalue weighted by Crippen LogP contribution is -2.58. The lowest BCUT2D eigenvalue weighted by Gasteiger charge is -2.53. The summed E-state index contributed by atoms with van der Waals surface area (Å²) in [5, 5.41) is 39.3. The van der Waals surface area contributed by atoms with E-state index in [1.807, 2.05) is 115 Å². The quantitative estimate of drug-likeness (QED) is 0.0159. The molecule has 0 bridgehead atoms. The smallest absolute Gasteiger partial charge is 0.253 e. The van der Waals surface area contributed by atoms with Crippen molar-refractivity contribution in [1.29, 1.82) is 0 Å². The number of aromatic nitrogens is 8. The highest BCUT2D eigenvalue weighted by molar-refractivity contribution is 7.88. The van der Waals surface area contributed by atoms with Gasteiger partial charge in [0, 0.05) is 105 Å². The van der Waals surface area contributed by atoms with Crippen molar-refractivity contribution in [2.24, 2.45) is 5.41 Å². The van der Waals surface area contributed by atoms with E-state index in [2.05, 4.69) is 118 Å². The van der Waals surface area contributed by atoms with Crippen molar-refractivity contribution in [2.45, 2.75) is 26.7 Å². The third kappa shape index (κ3) is 22.6. The van der Waals surface area contributed by atoms with Crippen LogP contribution in [0.3, 0.4) is 0 Å². The number of benzene rings is 9. The maximum absolute atomic E-state index is 13.7. The molecule has 0 atom stereocenters. The summed E-state index contributed by atoms with van der Waals surface area (Å²) in [4.78, 5) is 45.8. The van der Waals surface area contributed by atoms with Crippen LogP contribution in [0.1, 0.15) is 24.3 Å². The zero-order valence-electron chi connectivity index (χ0n) is 72.8. The van der Waals surface area contributed by atoms with E-state index < -0.39 is 31.4 Å². The van der Waals surface area contributed by atoms with Gasteiger partial charge in [-0.2, -0.15) is 15.0 Å². The molecule has 0 saturated carbocycles. The van der Waals surface area contributed by atoms with Crippen LogP contribution in [-0.2, 0) is 28.5 Å². The van der Waals surface area contributed by atoms with Crippen LogP contribution in [0, 0.1) is 19.3 Å². The highest BCUT2D eigenvalue weighted by Gasteiger charge is 2.43. The number of aryl methyl sites for hydroxylation is 2. The van der Waals surface area contributed by atoms with Gasteiger partial charge in [0.2, 0.25) is 39.7 Å². The Hall–Kier alpha value is -11.7. The summed E-state index contributed by atoms with van der Waals surface area (Å²) in [5.41, 5.74) is 7.23. The Bertz CT molecular complexity index is 6530. The molecule has 3 saturated heterocycles. The van der Waals surface area contributed by atoms with Gasteiger partial charge in [-0.05, 0) is 159 Å². The van der Waals surface area contributed by atoms with E-state index in [0.717, 1.165) is 80.1 Å². The van der Waals surface area contributed by atoms with Crippen LogP contribution in [0.2, 0.25) is 10.0 Å². The van der Waals surface area contributed by atoms with Crippen LogP contribution >= 0.6 is 44.6 Å². The minimum atomic E-state index is -3.30. The standard InChI is InChI=1S/C35H41N8O3P.C29H32ClN6O4P.C26H29ClN5O5PS/c1-22-17-28(30(45-4)18-29(22)43-15-13-35(14-16-43)20-42(3)21-35)38-34-36-19-26(33-41-40-23(2)46-33)32(39-34)37-27-12-11-24-9-7-8-10-25(24)31(27)47(5,6)44;1-39-25-11-9-20(40-15-14-36-13-12-31-26(37)18-36)16-24(25)34-29-32-17-22(30)28(35-29)33-23-10-8-19-6-4-5-7-21(19)27(23)41(2,3)38;1-36-23-12-10-18(37-14-13-29-39(4,34)35)15-22(23)31-26-28-16-20(27)25(32-26)30-21-11-9-17-7-5-6-8-19(17)24(21)38(2,3)33/h7-12,17-19H,13-16,20-21H2,1-6H3,(H2,36,37,38,39);4-11,16-17H,12-15,18H2,1-3H3,(H,31,37)(H2,32,33,34,35);5-12,15-16,29H,13-14H2,1-4H3,(H2,28,30,31,32). The Labute approximate surface area is 747 Å². The molecule has 3 fully saturated rings. The fourth-order valence-electron chi connectivity index (χ4n) is 15.9. The molecule has 664 valence electrons. The van der Waals surface area contributed by atoms with Crippen molar-refractivity contribution < 1.29 is 55.0 Å². The van der Waals surface area contributed by atoms with Gasteiger partial charge in [-0.25, -0.2) is 28.1 Å². The van der Waals surface area contributed by atoms with Crippen LogP contribution < -0.4 is 86.4 Å². The third-order valence-electron chi connectivity index (χ3n) is 21.6. The number of hydrogen-bond donors (Lipinski definition) is 8. The predicted molar refractivity (Wildman–Crippen MR) is 511 cm³/mol. The number of likely N-dealkylation sites (tertiary alicyclic amines) is 1. The average Bonchev–Trinajstić information content (AvgIpc) is 0.945. The van der Waals surface area contributed by atoms with Gasteiger partial charge in [0.1, 0.15) is 84.8 Å². The second kappa shape index (κ2) is 39.3. The molecular formula is C90H102Cl2N19O12P3S. The molecule has 7 heterocycles. The Morgan fingerprint density at radius 2 is 0.976 bits per heavy atom. The number of nitrogens with zero attached hydrogens (tertiary/aromatic N) is 11. The maximum Gasteiger partial charge on any atom is 0.253 e. The number of amides is 1. The fraction of sp³-hybridized carbons (Fsp3) is 0.300. The van der Waals surface area contributed by atoms with Crippen molar-refractivity contribution in [1.82, 2.24) is 59.9 Å². The largest absolute Gasteiger partial charge is 0.495 e. The number of carbonyl (C=O) groups is 1. The SMILES string of the molecule is COc1cc(N2CCC3(CC2)CN(C)C3)c(C)cc1Nc1ncc(-c2nnc(C)o2)c(Nc2ccc3ccccc3c2P(C)(C)=O)n1.COc1ccc(OCCN2CCNC(=O)C2)cc1Nc1ncc(Cl)c(Nc2ccc3ccccc3c2P(C)(C)=O)n1.COc1ccc(OCCNS(C)(=O)=O)cc1Nc1ncc(Cl)c(Nc2ccc3ccccc3c2P(C)(C)=O)n1. The summed E-state index contributed by atoms with van der Waals surface area (Å²) in [6, 6.07) is 49.9. The van der Waals surface area contributed by atoms with E-state index in [1.54, 1.807) is 97.7 Å². The van der Waals surface area contributed by atoms with Crippen LogP contribution in [-0.4, -0.2) is 211 Å². The zero-order chi connectivity index (χ0) is 90.1. The summed E-state index contributed by atoms with van der Waals surface area (Å²) in [7, 11) is -4.40. The molecule has 4 aromatic heterocycles.